The Hall–Kier alpha value is -2.93. The number of halogens is 1. The molecule has 1 saturated heterocycles. The number of pyridine rings is 1. The second-order valence-electron chi connectivity index (χ2n) is 5.71. The normalized spacial score (nSPS) is 14.3. The zero-order chi connectivity index (χ0) is 17.4. The number of benzene rings is 1. The van der Waals surface area contributed by atoms with Gasteiger partial charge in [0, 0.05) is 24.2 Å². The van der Waals surface area contributed by atoms with Crippen molar-refractivity contribution in [2.45, 2.75) is 12.8 Å². The van der Waals surface area contributed by atoms with Crippen LogP contribution >= 0.6 is 11.6 Å². The molecule has 1 N–H and O–H groups in total. The van der Waals surface area contributed by atoms with Gasteiger partial charge in [-0.3, -0.25) is 9.59 Å². The van der Waals surface area contributed by atoms with E-state index in [1.165, 1.54) is 6.33 Å². The third kappa shape index (κ3) is 2.83. The highest BCUT2D eigenvalue weighted by molar-refractivity contribution is 6.31. The van der Waals surface area contributed by atoms with Crippen LogP contribution < -0.4 is 10.2 Å². The molecule has 0 unspecified atom stereocenters. The Morgan fingerprint density at radius 1 is 1.28 bits per heavy atom. The van der Waals surface area contributed by atoms with Gasteiger partial charge in [0.25, 0.3) is 5.91 Å². The highest BCUT2D eigenvalue weighted by Gasteiger charge is 2.26. The first kappa shape index (κ1) is 15.6. The van der Waals surface area contributed by atoms with Crippen LogP contribution in [0.4, 0.5) is 11.4 Å². The van der Waals surface area contributed by atoms with E-state index >= 15 is 0 Å². The number of aromatic nitrogens is 3. The lowest BCUT2D eigenvalue weighted by Gasteiger charge is -2.19. The van der Waals surface area contributed by atoms with Crippen LogP contribution in [-0.4, -0.2) is 33.0 Å². The smallest absolute Gasteiger partial charge is 0.257 e. The van der Waals surface area contributed by atoms with Gasteiger partial charge in [0.2, 0.25) is 5.91 Å². The fourth-order valence-corrected chi connectivity index (χ4v) is 3.12. The van der Waals surface area contributed by atoms with Crippen LogP contribution in [0.3, 0.4) is 0 Å². The Balaban J connectivity index is 1.70. The summed E-state index contributed by atoms with van der Waals surface area (Å²) in [6, 6.07) is 8.43. The summed E-state index contributed by atoms with van der Waals surface area (Å²) in [5.74, 6) is -0.335. The van der Waals surface area contributed by atoms with Crippen molar-refractivity contribution in [1.82, 2.24) is 14.6 Å². The minimum absolute atomic E-state index is 0.00382. The molecular formula is C17H14ClN5O2. The van der Waals surface area contributed by atoms with Crippen LogP contribution in [0.15, 0.2) is 42.9 Å². The molecule has 0 atom stereocenters. The van der Waals surface area contributed by atoms with Crippen LogP contribution in [0.2, 0.25) is 5.02 Å². The lowest BCUT2D eigenvalue weighted by molar-refractivity contribution is -0.117. The van der Waals surface area contributed by atoms with E-state index in [2.05, 4.69) is 15.4 Å². The summed E-state index contributed by atoms with van der Waals surface area (Å²) in [5.41, 5.74) is 2.00. The van der Waals surface area contributed by atoms with Gasteiger partial charge in [-0.05, 0) is 36.8 Å². The van der Waals surface area contributed by atoms with Crippen molar-refractivity contribution in [3.8, 4) is 0 Å². The highest BCUT2D eigenvalue weighted by Crippen LogP contribution is 2.29. The van der Waals surface area contributed by atoms with E-state index in [4.69, 9.17) is 11.6 Å². The number of nitrogens with one attached hydrogen (secondary N) is 1. The third-order valence-electron chi connectivity index (χ3n) is 4.12. The van der Waals surface area contributed by atoms with Gasteiger partial charge in [-0.2, -0.15) is 5.10 Å². The first-order valence-electron chi connectivity index (χ1n) is 7.83. The molecule has 4 rings (SSSR count). The second-order valence-corrected chi connectivity index (χ2v) is 6.15. The Bertz CT molecular complexity index is 984. The molecule has 126 valence electrons. The van der Waals surface area contributed by atoms with Gasteiger partial charge in [-0.15, -0.1) is 0 Å². The largest absolute Gasteiger partial charge is 0.319 e. The van der Waals surface area contributed by atoms with Gasteiger partial charge in [0.1, 0.15) is 6.33 Å². The maximum atomic E-state index is 12.8. The Morgan fingerprint density at radius 3 is 2.96 bits per heavy atom. The molecule has 3 aromatic rings. The molecule has 1 aromatic carbocycles. The topological polar surface area (TPSA) is 79.6 Å². The molecule has 2 aromatic heterocycles. The van der Waals surface area contributed by atoms with Gasteiger partial charge in [-0.25, -0.2) is 9.50 Å². The summed E-state index contributed by atoms with van der Waals surface area (Å²) < 4.78 is 1.57. The third-order valence-corrected chi connectivity index (χ3v) is 4.36. The van der Waals surface area contributed by atoms with Crippen molar-refractivity contribution in [3.63, 3.8) is 0 Å². The number of anilines is 2. The molecule has 25 heavy (non-hydrogen) atoms. The van der Waals surface area contributed by atoms with Crippen LogP contribution in [0.25, 0.3) is 5.65 Å². The van der Waals surface area contributed by atoms with Crippen LogP contribution in [0.1, 0.15) is 23.2 Å². The van der Waals surface area contributed by atoms with Gasteiger partial charge in [0.05, 0.1) is 16.9 Å². The molecular weight excluding hydrogens is 342 g/mol. The molecule has 2 amide bonds. The number of nitrogens with zero attached hydrogens (tertiary/aromatic N) is 4. The van der Waals surface area contributed by atoms with Crippen LogP contribution in [0, 0.1) is 0 Å². The summed E-state index contributed by atoms with van der Waals surface area (Å²) in [6.07, 6.45) is 4.41. The van der Waals surface area contributed by atoms with E-state index in [9.17, 15) is 9.59 Å². The Labute approximate surface area is 148 Å². The van der Waals surface area contributed by atoms with Crippen molar-refractivity contribution < 1.29 is 9.59 Å². The van der Waals surface area contributed by atoms with E-state index in [1.807, 2.05) is 0 Å². The first-order valence-corrected chi connectivity index (χ1v) is 8.21. The fraction of sp³-hybridized carbons (Fsp3) is 0.176. The monoisotopic (exact) mass is 355 g/mol. The predicted octanol–water partition coefficient (Wildman–Crippen LogP) is 2.76. The summed E-state index contributed by atoms with van der Waals surface area (Å²) in [6.45, 7) is 0.583. The number of fused-ring (bicyclic) bond motifs is 1. The zero-order valence-electron chi connectivity index (χ0n) is 13.1. The van der Waals surface area contributed by atoms with Gasteiger partial charge < -0.3 is 10.2 Å². The van der Waals surface area contributed by atoms with Crippen molar-refractivity contribution in [1.29, 1.82) is 0 Å². The molecule has 1 fully saturated rings. The minimum atomic E-state index is -0.331. The van der Waals surface area contributed by atoms with E-state index in [0.29, 0.717) is 40.6 Å². The van der Waals surface area contributed by atoms with E-state index in [1.54, 1.807) is 45.9 Å². The molecule has 1 aliphatic rings. The van der Waals surface area contributed by atoms with Gasteiger partial charge in [0.15, 0.2) is 5.65 Å². The Morgan fingerprint density at radius 2 is 2.16 bits per heavy atom. The number of carbonyl (C=O) groups is 2. The molecule has 8 heteroatoms. The lowest BCUT2D eigenvalue weighted by atomic mass is 10.1. The molecule has 0 radical (unpaired) electrons. The predicted molar refractivity (Wildman–Crippen MR) is 94.0 cm³/mol. The highest BCUT2D eigenvalue weighted by atomic mass is 35.5. The molecule has 7 nitrogen and oxygen atoms in total. The maximum absolute atomic E-state index is 12.8. The van der Waals surface area contributed by atoms with Gasteiger partial charge >= 0.3 is 0 Å². The quantitative estimate of drug-likeness (QED) is 0.783. The molecule has 3 heterocycles. The summed E-state index contributed by atoms with van der Waals surface area (Å²) in [5, 5.41) is 7.37. The standard InChI is InChI=1S/C17H14ClN5O2/c18-11-5-6-12(14(9-11)22-7-2-4-15(22)24)17(25)21-13-3-1-8-23-16(13)19-10-20-23/h1,3,5-6,8-10H,2,4,7H2,(H,21,25). The number of hydrogen-bond donors (Lipinski definition) is 1. The summed E-state index contributed by atoms with van der Waals surface area (Å²) >= 11 is 6.08. The van der Waals surface area contributed by atoms with Crippen molar-refractivity contribution in [2.24, 2.45) is 0 Å². The number of hydrogen-bond acceptors (Lipinski definition) is 4. The average Bonchev–Trinajstić information content (AvgIpc) is 3.23. The molecule has 0 spiro atoms. The van der Waals surface area contributed by atoms with E-state index in [0.717, 1.165) is 6.42 Å². The van der Waals surface area contributed by atoms with Crippen molar-refractivity contribution in [3.05, 3.63) is 53.4 Å². The maximum Gasteiger partial charge on any atom is 0.257 e. The van der Waals surface area contributed by atoms with Crippen molar-refractivity contribution in [2.75, 3.05) is 16.8 Å². The zero-order valence-corrected chi connectivity index (χ0v) is 13.9. The fourth-order valence-electron chi connectivity index (χ4n) is 2.96. The van der Waals surface area contributed by atoms with Gasteiger partial charge in [-0.1, -0.05) is 11.6 Å². The molecule has 0 saturated carbocycles. The lowest BCUT2D eigenvalue weighted by Crippen LogP contribution is -2.27. The second kappa shape index (κ2) is 6.18. The summed E-state index contributed by atoms with van der Waals surface area (Å²) in [7, 11) is 0. The summed E-state index contributed by atoms with van der Waals surface area (Å²) in [4.78, 5) is 30.7. The molecule has 0 aliphatic carbocycles. The van der Waals surface area contributed by atoms with Crippen molar-refractivity contribution >= 4 is 40.4 Å². The first-order chi connectivity index (χ1) is 12.1. The number of carbonyl (C=O) groups excluding carboxylic acids is 2. The molecule has 1 aliphatic heterocycles. The van der Waals surface area contributed by atoms with Crippen LogP contribution in [-0.2, 0) is 4.79 Å². The minimum Gasteiger partial charge on any atom is -0.319 e. The SMILES string of the molecule is O=C(Nc1cccn2ncnc12)c1ccc(Cl)cc1N1CCCC1=O. The molecule has 0 bridgehead atoms. The van der Waals surface area contributed by atoms with Crippen LogP contribution in [0.5, 0.6) is 0 Å². The number of amides is 2. The van der Waals surface area contributed by atoms with E-state index in [-0.39, 0.29) is 11.8 Å². The average molecular weight is 356 g/mol. The Kier molecular flexibility index (Phi) is 3.85. The van der Waals surface area contributed by atoms with E-state index < -0.39 is 0 Å². The number of rotatable bonds is 3.